The molecule has 33 heavy (non-hydrogen) atoms. The van der Waals surface area contributed by atoms with Gasteiger partial charge in [-0.25, -0.2) is 4.58 Å². The highest BCUT2D eigenvalue weighted by molar-refractivity contribution is 9.10. The lowest BCUT2D eigenvalue weighted by atomic mass is 9.92. The summed E-state index contributed by atoms with van der Waals surface area (Å²) in [5.74, 6) is 2.94. The average Bonchev–Trinajstić information content (AvgIpc) is 2.85. The molecule has 0 saturated carbocycles. The maximum Gasteiger partial charge on any atom is 0.187 e. The molecule has 0 aliphatic carbocycles. The van der Waals surface area contributed by atoms with Crippen molar-refractivity contribution in [3.8, 4) is 23.0 Å². The SMILES string of the molecule is COc1cc(Br)c(CC2=[N+](C)CCc3cc(OC)c(OCc4ccccc4)cc32)cc1OC. The van der Waals surface area contributed by atoms with Crippen LogP contribution in [0.25, 0.3) is 0 Å². The largest absolute Gasteiger partial charge is 0.493 e. The second-order valence-corrected chi connectivity index (χ2v) is 8.88. The molecule has 172 valence electrons. The van der Waals surface area contributed by atoms with E-state index in [0.717, 1.165) is 52.2 Å². The number of rotatable bonds is 8. The van der Waals surface area contributed by atoms with E-state index in [-0.39, 0.29) is 0 Å². The zero-order valence-corrected chi connectivity index (χ0v) is 21.1. The Labute approximate surface area is 203 Å². The van der Waals surface area contributed by atoms with E-state index in [1.165, 1.54) is 16.8 Å². The van der Waals surface area contributed by atoms with Crippen molar-refractivity contribution in [1.82, 2.24) is 0 Å². The van der Waals surface area contributed by atoms with Crippen LogP contribution in [0.4, 0.5) is 0 Å². The van der Waals surface area contributed by atoms with Crippen LogP contribution in [0.5, 0.6) is 23.0 Å². The second kappa shape index (κ2) is 10.3. The van der Waals surface area contributed by atoms with E-state index in [2.05, 4.69) is 51.8 Å². The van der Waals surface area contributed by atoms with E-state index in [1.54, 1.807) is 21.3 Å². The third-order valence-corrected chi connectivity index (χ3v) is 6.76. The maximum atomic E-state index is 6.20. The van der Waals surface area contributed by atoms with Crippen LogP contribution < -0.4 is 18.9 Å². The minimum absolute atomic E-state index is 0.488. The monoisotopic (exact) mass is 510 g/mol. The van der Waals surface area contributed by atoms with E-state index >= 15 is 0 Å². The Morgan fingerprint density at radius 2 is 1.52 bits per heavy atom. The van der Waals surface area contributed by atoms with E-state index in [1.807, 2.05) is 30.3 Å². The second-order valence-electron chi connectivity index (χ2n) is 8.03. The Bertz CT molecular complexity index is 1170. The Kier molecular flexibility index (Phi) is 7.23. The zero-order chi connectivity index (χ0) is 23.4. The molecule has 0 amide bonds. The van der Waals surface area contributed by atoms with Gasteiger partial charge in [-0.2, -0.15) is 0 Å². The van der Waals surface area contributed by atoms with Gasteiger partial charge in [-0.1, -0.05) is 46.3 Å². The Balaban J connectivity index is 1.69. The molecule has 0 saturated heterocycles. The van der Waals surface area contributed by atoms with Gasteiger partial charge in [-0.15, -0.1) is 0 Å². The van der Waals surface area contributed by atoms with Gasteiger partial charge in [0, 0.05) is 16.5 Å². The molecule has 0 aromatic heterocycles. The Morgan fingerprint density at radius 3 is 2.21 bits per heavy atom. The van der Waals surface area contributed by atoms with Crippen LogP contribution >= 0.6 is 15.9 Å². The predicted molar refractivity (Wildman–Crippen MR) is 134 cm³/mol. The molecule has 0 bridgehead atoms. The van der Waals surface area contributed by atoms with Crippen LogP contribution in [0.2, 0.25) is 0 Å². The van der Waals surface area contributed by atoms with Crippen LogP contribution in [0.15, 0.2) is 59.1 Å². The number of hydrogen-bond donors (Lipinski definition) is 0. The number of hydrogen-bond acceptors (Lipinski definition) is 4. The molecule has 1 aliphatic rings. The Morgan fingerprint density at radius 1 is 0.848 bits per heavy atom. The molecule has 3 aromatic rings. The predicted octanol–water partition coefficient (Wildman–Crippen LogP) is 5.28. The maximum absolute atomic E-state index is 6.20. The summed E-state index contributed by atoms with van der Waals surface area (Å²) in [4.78, 5) is 0. The van der Waals surface area contributed by atoms with Crippen molar-refractivity contribution in [1.29, 1.82) is 0 Å². The smallest absolute Gasteiger partial charge is 0.187 e. The third kappa shape index (κ3) is 5.01. The first-order valence-electron chi connectivity index (χ1n) is 10.9. The molecule has 0 unspecified atom stereocenters. The lowest BCUT2D eigenvalue weighted by Gasteiger charge is -2.21. The summed E-state index contributed by atoms with van der Waals surface area (Å²) >= 11 is 3.71. The molecule has 0 fully saturated rings. The fraction of sp³-hybridized carbons (Fsp3) is 0.296. The molecule has 3 aromatic carbocycles. The van der Waals surface area contributed by atoms with Gasteiger partial charge < -0.3 is 18.9 Å². The van der Waals surface area contributed by atoms with Gasteiger partial charge in [0.2, 0.25) is 0 Å². The van der Waals surface area contributed by atoms with Crippen LogP contribution in [0.1, 0.15) is 22.3 Å². The topological polar surface area (TPSA) is 39.9 Å². The van der Waals surface area contributed by atoms with Crippen LogP contribution in [0, 0.1) is 0 Å². The lowest BCUT2D eigenvalue weighted by molar-refractivity contribution is -0.498. The molecular formula is C27H29BrNO4+. The molecular weight excluding hydrogens is 482 g/mol. The molecule has 1 aliphatic heterocycles. The summed E-state index contributed by atoms with van der Waals surface area (Å²) in [6.45, 7) is 1.43. The molecule has 0 radical (unpaired) electrons. The number of fused-ring (bicyclic) bond motifs is 1. The highest BCUT2D eigenvalue weighted by Gasteiger charge is 2.27. The number of nitrogens with zero attached hydrogens (tertiary/aromatic N) is 1. The van der Waals surface area contributed by atoms with Gasteiger partial charge in [-0.05, 0) is 41.0 Å². The minimum Gasteiger partial charge on any atom is -0.493 e. The average molecular weight is 511 g/mol. The highest BCUT2D eigenvalue weighted by atomic mass is 79.9. The summed E-state index contributed by atoms with van der Waals surface area (Å²) in [5.41, 5.74) is 5.94. The van der Waals surface area contributed by atoms with Crippen molar-refractivity contribution in [2.24, 2.45) is 0 Å². The number of likely N-dealkylation sites (N-methyl/N-ethyl adjacent to an activating group) is 1. The fourth-order valence-electron chi connectivity index (χ4n) is 4.16. The van der Waals surface area contributed by atoms with Gasteiger partial charge in [0.15, 0.2) is 28.7 Å². The summed E-state index contributed by atoms with van der Waals surface area (Å²) in [5, 5.41) is 0. The van der Waals surface area contributed by atoms with Crippen molar-refractivity contribution in [2.45, 2.75) is 19.4 Å². The van der Waals surface area contributed by atoms with Crippen LogP contribution in [0.3, 0.4) is 0 Å². The standard InChI is InChI=1S/C27H29BrNO4/c1-29-11-10-19-13-25(31-3)27(33-17-18-8-6-5-7-9-18)15-21(19)23(29)12-20-14-24(30-2)26(32-4)16-22(20)28/h5-9,13-16H,10-12,17H2,1-4H3/q+1. The number of benzene rings is 3. The molecule has 4 rings (SSSR count). The highest BCUT2D eigenvalue weighted by Crippen LogP contribution is 2.36. The molecule has 0 spiro atoms. The van der Waals surface area contributed by atoms with E-state index in [9.17, 15) is 0 Å². The third-order valence-electron chi connectivity index (χ3n) is 6.03. The number of halogens is 1. The van der Waals surface area contributed by atoms with Gasteiger partial charge in [0.25, 0.3) is 0 Å². The first-order valence-corrected chi connectivity index (χ1v) is 11.7. The van der Waals surface area contributed by atoms with Crippen molar-refractivity contribution in [3.05, 3.63) is 81.3 Å². The molecule has 0 N–H and O–H groups in total. The van der Waals surface area contributed by atoms with Crippen molar-refractivity contribution in [3.63, 3.8) is 0 Å². The first-order chi connectivity index (χ1) is 16.0. The zero-order valence-electron chi connectivity index (χ0n) is 19.5. The summed E-state index contributed by atoms with van der Waals surface area (Å²) in [6.07, 6.45) is 1.70. The molecule has 0 atom stereocenters. The van der Waals surface area contributed by atoms with E-state index in [0.29, 0.717) is 12.4 Å². The van der Waals surface area contributed by atoms with Gasteiger partial charge in [-0.3, -0.25) is 0 Å². The molecule has 1 heterocycles. The molecule has 5 nitrogen and oxygen atoms in total. The minimum atomic E-state index is 0.488. The van der Waals surface area contributed by atoms with Crippen LogP contribution in [-0.4, -0.2) is 45.2 Å². The summed E-state index contributed by atoms with van der Waals surface area (Å²) in [7, 11) is 7.14. The normalized spacial score (nSPS) is 12.9. The Hall–Kier alpha value is -2.99. The van der Waals surface area contributed by atoms with Gasteiger partial charge in [0.1, 0.15) is 20.2 Å². The number of ether oxygens (including phenoxy) is 4. The van der Waals surface area contributed by atoms with E-state index < -0.39 is 0 Å². The summed E-state index contributed by atoms with van der Waals surface area (Å²) in [6, 6.07) is 18.4. The van der Waals surface area contributed by atoms with Crippen molar-refractivity contribution < 1.29 is 23.5 Å². The van der Waals surface area contributed by atoms with E-state index in [4.69, 9.17) is 18.9 Å². The lowest BCUT2D eigenvalue weighted by Crippen LogP contribution is -2.29. The van der Waals surface area contributed by atoms with Gasteiger partial charge >= 0.3 is 0 Å². The first kappa shape index (κ1) is 23.2. The summed E-state index contributed by atoms with van der Waals surface area (Å²) < 4.78 is 26.2. The number of methoxy groups -OCH3 is 3. The van der Waals surface area contributed by atoms with Gasteiger partial charge in [0.05, 0.1) is 27.8 Å². The van der Waals surface area contributed by atoms with Crippen LogP contribution in [-0.2, 0) is 19.4 Å². The quantitative estimate of drug-likeness (QED) is 0.386. The fourth-order valence-corrected chi connectivity index (χ4v) is 4.62. The van der Waals surface area contributed by atoms with Crippen molar-refractivity contribution >= 4 is 21.6 Å². The molecule has 6 heteroatoms. The van der Waals surface area contributed by atoms with Crippen molar-refractivity contribution in [2.75, 3.05) is 34.9 Å².